The third-order valence-electron chi connectivity index (χ3n) is 3.01. The van der Waals surface area contributed by atoms with Gasteiger partial charge in [0.25, 0.3) is 0 Å². The first-order valence-corrected chi connectivity index (χ1v) is 10.1. The fourth-order valence-electron chi connectivity index (χ4n) is 2.01. The molecule has 126 valence electrons. The van der Waals surface area contributed by atoms with Crippen molar-refractivity contribution in [3.05, 3.63) is 24.3 Å². The monoisotopic (exact) mass is 326 g/mol. The van der Waals surface area contributed by atoms with Crippen LogP contribution in [-0.4, -0.2) is 35.2 Å². The van der Waals surface area contributed by atoms with Crippen LogP contribution in [0, 0.1) is 0 Å². The molecule has 0 aliphatic rings. The Kier molecular flexibility index (Phi) is 9.39. The summed E-state index contributed by atoms with van der Waals surface area (Å²) in [4.78, 5) is 0. The van der Waals surface area contributed by atoms with Gasteiger partial charge in [0.2, 0.25) is 0 Å². The van der Waals surface area contributed by atoms with E-state index in [9.17, 15) is 0 Å². The SMILES string of the molecule is CCCO[Si](OCCC)(OCCC)c1ccc(OCC)cc1. The topological polar surface area (TPSA) is 36.9 Å². The average molecular weight is 327 g/mol. The molecule has 0 fully saturated rings. The summed E-state index contributed by atoms with van der Waals surface area (Å²) in [6.45, 7) is 10.9. The lowest BCUT2D eigenvalue weighted by molar-refractivity contribution is 0.0732. The van der Waals surface area contributed by atoms with E-state index in [-0.39, 0.29) is 0 Å². The lowest BCUT2D eigenvalue weighted by Crippen LogP contribution is -2.57. The van der Waals surface area contributed by atoms with Gasteiger partial charge in [0.1, 0.15) is 5.75 Å². The third kappa shape index (κ3) is 5.72. The minimum atomic E-state index is -2.84. The van der Waals surface area contributed by atoms with Crippen molar-refractivity contribution >= 4 is 14.0 Å². The zero-order chi connectivity index (χ0) is 16.3. The molecule has 0 aromatic heterocycles. The Morgan fingerprint density at radius 2 is 1.18 bits per heavy atom. The van der Waals surface area contributed by atoms with Crippen molar-refractivity contribution in [2.75, 3.05) is 26.4 Å². The van der Waals surface area contributed by atoms with Crippen molar-refractivity contribution in [3.63, 3.8) is 0 Å². The van der Waals surface area contributed by atoms with Gasteiger partial charge in [-0.25, -0.2) is 0 Å². The Balaban J connectivity index is 3.01. The Bertz CT molecular complexity index is 372. The minimum Gasteiger partial charge on any atom is -0.494 e. The van der Waals surface area contributed by atoms with Gasteiger partial charge in [0.05, 0.1) is 6.61 Å². The van der Waals surface area contributed by atoms with E-state index >= 15 is 0 Å². The molecule has 22 heavy (non-hydrogen) atoms. The van der Waals surface area contributed by atoms with E-state index in [1.807, 2.05) is 31.2 Å². The molecule has 0 radical (unpaired) electrons. The third-order valence-corrected chi connectivity index (χ3v) is 5.80. The maximum atomic E-state index is 6.12. The largest absolute Gasteiger partial charge is 0.537 e. The maximum Gasteiger partial charge on any atom is 0.537 e. The average Bonchev–Trinajstić information content (AvgIpc) is 2.56. The fraction of sp³-hybridized carbons (Fsp3) is 0.647. The lowest BCUT2D eigenvalue weighted by Gasteiger charge is -2.29. The quantitative estimate of drug-likeness (QED) is 0.551. The summed E-state index contributed by atoms with van der Waals surface area (Å²) in [5.74, 6) is 0.857. The van der Waals surface area contributed by atoms with Crippen molar-refractivity contribution in [3.8, 4) is 5.75 Å². The molecule has 0 aliphatic carbocycles. The Morgan fingerprint density at radius 1 is 0.727 bits per heavy atom. The second-order valence-corrected chi connectivity index (χ2v) is 7.61. The van der Waals surface area contributed by atoms with E-state index in [0.29, 0.717) is 26.4 Å². The summed E-state index contributed by atoms with van der Waals surface area (Å²) in [5, 5.41) is 1.01. The van der Waals surface area contributed by atoms with Gasteiger partial charge in [-0.15, -0.1) is 0 Å². The van der Waals surface area contributed by atoms with E-state index < -0.39 is 8.80 Å². The van der Waals surface area contributed by atoms with E-state index in [1.54, 1.807) is 0 Å². The first-order chi connectivity index (χ1) is 10.7. The van der Waals surface area contributed by atoms with Crippen molar-refractivity contribution in [2.24, 2.45) is 0 Å². The van der Waals surface area contributed by atoms with Gasteiger partial charge in [-0.1, -0.05) is 32.9 Å². The first-order valence-electron chi connectivity index (χ1n) is 8.37. The summed E-state index contributed by atoms with van der Waals surface area (Å²) in [6.07, 6.45) is 2.82. The molecule has 0 N–H and O–H groups in total. The highest BCUT2D eigenvalue weighted by atomic mass is 28.4. The van der Waals surface area contributed by atoms with Crippen molar-refractivity contribution in [1.29, 1.82) is 0 Å². The molecule has 0 saturated heterocycles. The number of hydrogen-bond acceptors (Lipinski definition) is 4. The number of ether oxygens (including phenoxy) is 1. The smallest absolute Gasteiger partial charge is 0.494 e. The van der Waals surface area contributed by atoms with Crippen LogP contribution in [0.25, 0.3) is 0 Å². The van der Waals surface area contributed by atoms with Crippen LogP contribution < -0.4 is 9.92 Å². The molecule has 1 rings (SSSR count). The Hall–Kier alpha value is -0.883. The number of rotatable bonds is 12. The van der Waals surface area contributed by atoms with Crippen LogP contribution in [0.2, 0.25) is 0 Å². The van der Waals surface area contributed by atoms with Crippen molar-refractivity contribution in [1.82, 2.24) is 0 Å². The molecule has 0 heterocycles. The van der Waals surface area contributed by atoms with E-state index in [2.05, 4.69) is 20.8 Å². The summed E-state index contributed by atoms with van der Waals surface area (Å²) in [7, 11) is -2.84. The van der Waals surface area contributed by atoms with E-state index in [0.717, 1.165) is 30.2 Å². The molecule has 0 bridgehead atoms. The second kappa shape index (κ2) is 10.8. The van der Waals surface area contributed by atoms with Gasteiger partial charge in [0.15, 0.2) is 0 Å². The summed E-state index contributed by atoms with van der Waals surface area (Å²) in [5.41, 5.74) is 0. The second-order valence-electron chi connectivity index (χ2n) is 5.06. The van der Waals surface area contributed by atoms with Crippen LogP contribution in [0.15, 0.2) is 24.3 Å². The standard InChI is InChI=1S/C17H30O4Si/c1-5-13-19-22(20-14-6-2,21-15-7-3)17-11-9-16(10-12-17)18-8-4/h9-12H,5-8,13-15H2,1-4H3. The number of hydrogen-bond donors (Lipinski definition) is 0. The fourth-order valence-corrected chi connectivity index (χ4v) is 4.75. The Labute approximate surface area is 136 Å². The van der Waals surface area contributed by atoms with Crippen LogP contribution in [0.1, 0.15) is 47.0 Å². The highest BCUT2D eigenvalue weighted by Crippen LogP contribution is 2.16. The molecule has 0 spiro atoms. The summed E-state index contributed by atoms with van der Waals surface area (Å²) >= 11 is 0. The van der Waals surface area contributed by atoms with Gasteiger partial charge >= 0.3 is 8.80 Å². The minimum absolute atomic E-state index is 0.646. The van der Waals surface area contributed by atoms with Gasteiger partial charge in [-0.3, -0.25) is 0 Å². The predicted molar refractivity (Wildman–Crippen MR) is 91.7 cm³/mol. The molecule has 0 unspecified atom stereocenters. The van der Waals surface area contributed by atoms with Crippen molar-refractivity contribution < 1.29 is 18.0 Å². The van der Waals surface area contributed by atoms with E-state index in [1.165, 1.54) is 0 Å². The van der Waals surface area contributed by atoms with E-state index in [4.69, 9.17) is 18.0 Å². The van der Waals surface area contributed by atoms with Crippen LogP contribution in [0.5, 0.6) is 5.75 Å². The van der Waals surface area contributed by atoms with Crippen LogP contribution in [0.4, 0.5) is 0 Å². The molecule has 0 saturated carbocycles. The van der Waals surface area contributed by atoms with Crippen LogP contribution in [-0.2, 0) is 13.3 Å². The Morgan fingerprint density at radius 3 is 1.55 bits per heavy atom. The van der Waals surface area contributed by atoms with Gasteiger partial charge in [0, 0.05) is 25.0 Å². The molecule has 0 amide bonds. The normalized spacial score (nSPS) is 11.6. The molecule has 0 atom stereocenters. The predicted octanol–water partition coefficient (Wildman–Crippen LogP) is 3.51. The van der Waals surface area contributed by atoms with Gasteiger partial charge in [-0.2, -0.15) is 0 Å². The first kappa shape index (κ1) is 19.2. The maximum absolute atomic E-state index is 6.12. The summed E-state index contributed by atoms with van der Waals surface area (Å²) in [6, 6.07) is 7.94. The molecule has 5 heteroatoms. The molecule has 1 aromatic rings. The zero-order valence-corrected chi connectivity index (χ0v) is 15.4. The van der Waals surface area contributed by atoms with Gasteiger partial charge < -0.3 is 18.0 Å². The van der Waals surface area contributed by atoms with Crippen LogP contribution in [0.3, 0.4) is 0 Å². The molecular weight excluding hydrogens is 296 g/mol. The number of benzene rings is 1. The molecular formula is C17H30O4Si. The summed E-state index contributed by atoms with van der Waals surface area (Å²) < 4.78 is 23.9. The van der Waals surface area contributed by atoms with Gasteiger partial charge in [-0.05, 0) is 38.3 Å². The highest BCUT2D eigenvalue weighted by molar-refractivity contribution is 6.75. The van der Waals surface area contributed by atoms with Crippen molar-refractivity contribution in [2.45, 2.75) is 47.0 Å². The molecule has 4 nitrogen and oxygen atoms in total. The lowest BCUT2D eigenvalue weighted by atomic mass is 10.3. The highest BCUT2D eigenvalue weighted by Gasteiger charge is 2.43. The zero-order valence-electron chi connectivity index (χ0n) is 14.4. The molecule has 0 aliphatic heterocycles. The van der Waals surface area contributed by atoms with Crippen LogP contribution >= 0.6 is 0 Å². The molecule has 1 aromatic carbocycles.